The molecule has 0 unspecified atom stereocenters. The minimum atomic E-state index is -0.747. The van der Waals surface area contributed by atoms with Crippen molar-refractivity contribution in [1.29, 1.82) is 0 Å². The second-order valence-electron chi connectivity index (χ2n) is 6.50. The van der Waals surface area contributed by atoms with Gasteiger partial charge in [0, 0.05) is 13.1 Å². The largest absolute Gasteiger partial charge is 0.444 e. The monoisotopic (exact) mass is 376 g/mol. The number of carbonyl (C=O) groups excluding carboxylic acids is 2. The lowest BCUT2D eigenvalue weighted by molar-refractivity contribution is -0.119. The Morgan fingerprint density at radius 3 is 2.54 bits per heavy atom. The van der Waals surface area contributed by atoms with Gasteiger partial charge in [0.25, 0.3) is 0 Å². The van der Waals surface area contributed by atoms with Gasteiger partial charge >= 0.3 is 6.09 Å². The smallest absolute Gasteiger partial charge is 0.410 e. The molecule has 0 aliphatic carbocycles. The van der Waals surface area contributed by atoms with Crippen LogP contribution in [-0.2, 0) is 9.53 Å². The fourth-order valence-electron chi connectivity index (χ4n) is 2.33. The Morgan fingerprint density at radius 2 is 1.92 bits per heavy atom. The van der Waals surface area contributed by atoms with Crippen molar-refractivity contribution in [2.75, 3.05) is 24.5 Å². The topological polar surface area (TPSA) is 49.9 Å². The Labute approximate surface area is 150 Å². The van der Waals surface area contributed by atoms with Gasteiger partial charge in [-0.25, -0.2) is 9.18 Å². The Kier molecular flexibility index (Phi) is 5.60. The number of halogens is 3. The Hall–Kier alpha value is -1.53. The van der Waals surface area contributed by atoms with Crippen molar-refractivity contribution in [3.05, 3.63) is 28.0 Å². The second kappa shape index (κ2) is 7.15. The molecule has 1 heterocycles. The number of nitrogens with zero attached hydrogens (tertiary/aromatic N) is 2. The fraction of sp³-hybridized carbons (Fsp3) is 0.500. The van der Waals surface area contributed by atoms with Crippen LogP contribution in [0.2, 0.25) is 10.0 Å². The summed E-state index contributed by atoms with van der Waals surface area (Å²) in [6.45, 7) is 5.69. The molecule has 0 spiro atoms. The van der Waals surface area contributed by atoms with Crippen molar-refractivity contribution in [1.82, 2.24) is 4.90 Å². The Morgan fingerprint density at radius 1 is 1.25 bits per heavy atom. The van der Waals surface area contributed by atoms with Crippen LogP contribution in [0.1, 0.15) is 27.2 Å². The summed E-state index contributed by atoms with van der Waals surface area (Å²) in [5.41, 5.74) is -0.595. The maximum atomic E-state index is 14.3. The molecule has 1 aromatic rings. The number of anilines is 1. The lowest BCUT2D eigenvalue weighted by Gasteiger charge is -2.26. The summed E-state index contributed by atoms with van der Waals surface area (Å²) in [5.74, 6) is -1.15. The van der Waals surface area contributed by atoms with Crippen molar-refractivity contribution in [2.45, 2.75) is 32.8 Å². The molecule has 24 heavy (non-hydrogen) atoms. The molecule has 2 rings (SSSR count). The first-order valence-electron chi connectivity index (χ1n) is 7.52. The van der Waals surface area contributed by atoms with E-state index >= 15 is 0 Å². The average Bonchev–Trinajstić information content (AvgIpc) is 2.65. The molecule has 0 atom stereocenters. The van der Waals surface area contributed by atoms with Crippen molar-refractivity contribution >= 4 is 40.9 Å². The van der Waals surface area contributed by atoms with Gasteiger partial charge in [-0.3, -0.25) is 9.69 Å². The lowest BCUT2D eigenvalue weighted by Crippen LogP contribution is -2.42. The first kappa shape index (κ1) is 18.8. The normalized spacial score (nSPS) is 16.2. The predicted octanol–water partition coefficient (Wildman–Crippen LogP) is 4.11. The van der Waals surface area contributed by atoms with E-state index in [9.17, 15) is 14.0 Å². The van der Waals surface area contributed by atoms with Gasteiger partial charge in [-0.15, -0.1) is 0 Å². The standard InChI is InChI=1S/C16H19Cl2FN2O3/c1-16(2,3)24-15(23)20-7-4-8-21(12(22)9-20)11-6-5-10(17)13(18)14(11)19/h5-6H,4,7-9H2,1-3H3. The Balaban J connectivity index is 2.19. The number of rotatable bonds is 1. The maximum absolute atomic E-state index is 14.3. The number of hydrogen-bond donors (Lipinski definition) is 0. The molecule has 5 nitrogen and oxygen atoms in total. The van der Waals surface area contributed by atoms with Crippen LogP contribution in [0.15, 0.2) is 12.1 Å². The van der Waals surface area contributed by atoms with Gasteiger partial charge < -0.3 is 9.64 Å². The van der Waals surface area contributed by atoms with Crippen LogP contribution >= 0.6 is 23.2 Å². The van der Waals surface area contributed by atoms with E-state index in [4.69, 9.17) is 27.9 Å². The van der Waals surface area contributed by atoms with E-state index in [1.165, 1.54) is 21.9 Å². The van der Waals surface area contributed by atoms with Gasteiger partial charge in [0.15, 0.2) is 5.82 Å². The van der Waals surface area contributed by atoms with E-state index in [2.05, 4.69) is 0 Å². The molecule has 0 saturated carbocycles. The quantitative estimate of drug-likeness (QED) is 0.693. The molecule has 0 N–H and O–H groups in total. The predicted molar refractivity (Wildman–Crippen MR) is 91.2 cm³/mol. The van der Waals surface area contributed by atoms with Gasteiger partial charge in [-0.2, -0.15) is 0 Å². The summed E-state index contributed by atoms with van der Waals surface area (Å²) in [5, 5.41) is -0.147. The lowest BCUT2D eigenvalue weighted by atomic mass is 10.2. The highest BCUT2D eigenvalue weighted by Crippen LogP contribution is 2.32. The molecule has 1 aliphatic heterocycles. The van der Waals surface area contributed by atoms with E-state index < -0.39 is 23.4 Å². The number of carbonyl (C=O) groups is 2. The van der Waals surface area contributed by atoms with E-state index in [1.807, 2.05) is 0 Å². The maximum Gasteiger partial charge on any atom is 0.410 e. The highest BCUT2D eigenvalue weighted by atomic mass is 35.5. The van der Waals surface area contributed by atoms with E-state index in [1.54, 1.807) is 20.8 Å². The SMILES string of the molecule is CC(C)(C)OC(=O)N1CCCN(c2ccc(Cl)c(Cl)c2F)C(=O)C1. The third-order valence-electron chi connectivity index (χ3n) is 3.39. The van der Waals surface area contributed by atoms with Crippen molar-refractivity contribution in [3.8, 4) is 0 Å². The fourth-order valence-corrected chi connectivity index (χ4v) is 2.64. The molecule has 8 heteroatoms. The molecular formula is C16H19Cl2FN2O3. The zero-order valence-corrected chi connectivity index (χ0v) is 15.2. The molecule has 0 aromatic heterocycles. The van der Waals surface area contributed by atoms with Crippen molar-refractivity contribution in [2.24, 2.45) is 0 Å². The van der Waals surface area contributed by atoms with Crippen molar-refractivity contribution in [3.63, 3.8) is 0 Å². The summed E-state index contributed by atoms with van der Waals surface area (Å²) in [6.07, 6.45) is -0.0719. The van der Waals surface area contributed by atoms with Gasteiger partial charge in [-0.05, 0) is 39.3 Å². The van der Waals surface area contributed by atoms with Crippen LogP contribution in [0.5, 0.6) is 0 Å². The number of hydrogen-bond acceptors (Lipinski definition) is 3. The van der Waals surface area contributed by atoms with Gasteiger partial charge in [-0.1, -0.05) is 23.2 Å². The number of benzene rings is 1. The first-order valence-corrected chi connectivity index (χ1v) is 8.27. The minimum absolute atomic E-state index is 0.0560. The summed E-state index contributed by atoms with van der Waals surface area (Å²) >= 11 is 11.6. The summed E-state index contributed by atoms with van der Waals surface area (Å²) in [6, 6.07) is 2.84. The second-order valence-corrected chi connectivity index (χ2v) is 7.28. The zero-order valence-electron chi connectivity index (χ0n) is 13.7. The number of amides is 2. The molecule has 1 saturated heterocycles. The number of ether oxygens (including phenoxy) is 1. The third kappa shape index (κ3) is 4.30. The molecule has 0 radical (unpaired) electrons. The van der Waals surface area contributed by atoms with Crippen LogP contribution in [0.25, 0.3) is 0 Å². The van der Waals surface area contributed by atoms with Crippen molar-refractivity contribution < 1.29 is 18.7 Å². The minimum Gasteiger partial charge on any atom is -0.444 e. The van der Waals surface area contributed by atoms with Crippen LogP contribution in [0.4, 0.5) is 14.9 Å². The molecule has 1 aromatic carbocycles. The summed E-state index contributed by atoms with van der Waals surface area (Å²) in [4.78, 5) is 27.2. The summed E-state index contributed by atoms with van der Waals surface area (Å²) in [7, 11) is 0. The molecule has 1 aliphatic rings. The average molecular weight is 377 g/mol. The molecule has 0 bridgehead atoms. The van der Waals surface area contributed by atoms with Crippen LogP contribution in [0.3, 0.4) is 0 Å². The first-order chi connectivity index (χ1) is 11.1. The van der Waals surface area contributed by atoms with Crippen LogP contribution in [0, 0.1) is 5.82 Å². The molecule has 1 fully saturated rings. The Bertz CT molecular complexity index is 661. The zero-order chi connectivity index (χ0) is 18.1. The molecule has 132 valence electrons. The van der Waals surface area contributed by atoms with Crippen LogP contribution in [-0.4, -0.2) is 42.1 Å². The highest BCUT2D eigenvalue weighted by molar-refractivity contribution is 6.42. The van der Waals surface area contributed by atoms with Crippen LogP contribution < -0.4 is 4.90 Å². The summed E-state index contributed by atoms with van der Waals surface area (Å²) < 4.78 is 19.6. The van der Waals surface area contributed by atoms with Gasteiger partial charge in [0.1, 0.15) is 12.1 Å². The van der Waals surface area contributed by atoms with Gasteiger partial charge in [0.2, 0.25) is 5.91 Å². The van der Waals surface area contributed by atoms with Gasteiger partial charge in [0.05, 0.1) is 15.7 Å². The van der Waals surface area contributed by atoms with E-state index in [0.29, 0.717) is 13.0 Å². The molecular weight excluding hydrogens is 358 g/mol. The third-order valence-corrected chi connectivity index (χ3v) is 4.18. The van der Waals surface area contributed by atoms with E-state index in [0.717, 1.165) is 0 Å². The molecule has 2 amide bonds. The van der Waals surface area contributed by atoms with E-state index in [-0.39, 0.29) is 28.8 Å². The highest BCUT2D eigenvalue weighted by Gasteiger charge is 2.30.